The van der Waals surface area contributed by atoms with Crippen molar-refractivity contribution in [1.82, 2.24) is 10.7 Å². The Labute approximate surface area is 243 Å². The molecule has 0 radical (unpaired) electrons. The van der Waals surface area contributed by atoms with E-state index in [1.807, 2.05) is 37.3 Å². The summed E-state index contributed by atoms with van der Waals surface area (Å²) in [5, 5.41) is 6.79. The van der Waals surface area contributed by atoms with Gasteiger partial charge in [0, 0.05) is 0 Å². The van der Waals surface area contributed by atoms with Crippen LogP contribution in [-0.2, 0) is 19.6 Å². The van der Waals surface area contributed by atoms with Gasteiger partial charge in [0.2, 0.25) is 0 Å². The van der Waals surface area contributed by atoms with Crippen molar-refractivity contribution in [1.29, 1.82) is 0 Å². The molecule has 0 spiro atoms. The maximum atomic E-state index is 13.5. The summed E-state index contributed by atoms with van der Waals surface area (Å²) in [5.74, 6) is -1.03. The third-order valence-corrected chi connectivity index (χ3v) is 7.85. The maximum absolute atomic E-state index is 13.5. The predicted octanol–water partition coefficient (Wildman–Crippen LogP) is 4.43. The first-order valence-corrected chi connectivity index (χ1v) is 14.4. The SMILES string of the molecule is C[C@H](NC(=O)COc1ccc(/C=N\NC(=O)CN(c2ccc(F)cc2)S(=O)(=O)c2ccccc2)cc1)c1ccccc1. The van der Waals surface area contributed by atoms with E-state index in [2.05, 4.69) is 15.8 Å². The number of carbonyl (C=O) groups is 2. The van der Waals surface area contributed by atoms with Crippen molar-refractivity contribution < 1.29 is 27.1 Å². The van der Waals surface area contributed by atoms with Crippen LogP contribution in [0.2, 0.25) is 0 Å². The molecule has 0 aromatic heterocycles. The zero-order chi connectivity index (χ0) is 30.0. The summed E-state index contributed by atoms with van der Waals surface area (Å²) in [4.78, 5) is 24.9. The predicted molar refractivity (Wildman–Crippen MR) is 158 cm³/mol. The molecule has 4 rings (SSSR count). The van der Waals surface area contributed by atoms with Gasteiger partial charge in [-0.3, -0.25) is 13.9 Å². The molecule has 9 nitrogen and oxygen atoms in total. The summed E-state index contributed by atoms with van der Waals surface area (Å²) < 4.78 is 46.5. The molecule has 42 heavy (non-hydrogen) atoms. The van der Waals surface area contributed by atoms with E-state index in [4.69, 9.17) is 4.74 Å². The Balaban J connectivity index is 1.32. The number of rotatable bonds is 12. The molecule has 1 atom stereocenters. The van der Waals surface area contributed by atoms with E-state index in [9.17, 15) is 22.4 Å². The highest BCUT2D eigenvalue weighted by atomic mass is 32.2. The van der Waals surface area contributed by atoms with Crippen LogP contribution in [0.1, 0.15) is 24.1 Å². The molecule has 0 aliphatic carbocycles. The minimum absolute atomic E-state index is 0.0175. The zero-order valence-electron chi connectivity index (χ0n) is 22.7. The number of halogens is 1. The van der Waals surface area contributed by atoms with Crippen molar-refractivity contribution >= 4 is 33.7 Å². The minimum atomic E-state index is -4.12. The summed E-state index contributed by atoms with van der Waals surface area (Å²) in [5.41, 5.74) is 4.05. The highest BCUT2D eigenvalue weighted by molar-refractivity contribution is 7.92. The monoisotopic (exact) mass is 588 g/mol. The lowest BCUT2D eigenvalue weighted by molar-refractivity contribution is -0.123. The molecular formula is C31H29FN4O5S. The van der Waals surface area contributed by atoms with Gasteiger partial charge in [-0.05, 0) is 78.7 Å². The van der Waals surface area contributed by atoms with Crippen molar-refractivity contribution in [3.05, 3.63) is 126 Å². The standard InChI is InChI=1S/C31H29FN4O5S/c1-23(25-8-4-2-5-9-25)34-31(38)22-41-28-18-12-24(13-19-28)20-33-35-30(37)21-36(27-16-14-26(32)15-17-27)42(39,40)29-10-6-3-7-11-29/h2-20,23H,21-22H2,1H3,(H,34,38)(H,35,37)/b33-20-/t23-/m0/s1. The van der Waals surface area contributed by atoms with Crippen molar-refractivity contribution in [2.45, 2.75) is 17.9 Å². The molecule has 4 aromatic rings. The first-order valence-electron chi connectivity index (χ1n) is 12.9. The molecule has 0 saturated carbocycles. The number of carbonyl (C=O) groups excluding carboxylic acids is 2. The van der Waals surface area contributed by atoms with E-state index in [1.54, 1.807) is 42.5 Å². The van der Waals surface area contributed by atoms with Gasteiger partial charge in [-0.2, -0.15) is 5.10 Å². The Morgan fingerprint density at radius 3 is 2.14 bits per heavy atom. The number of nitrogens with zero attached hydrogens (tertiary/aromatic N) is 2. The second-order valence-electron chi connectivity index (χ2n) is 9.15. The molecule has 0 bridgehead atoms. The number of sulfonamides is 1. The molecule has 0 fully saturated rings. The molecule has 0 aliphatic heterocycles. The zero-order valence-corrected chi connectivity index (χ0v) is 23.5. The lowest BCUT2D eigenvalue weighted by Crippen LogP contribution is -2.39. The quantitative estimate of drug-likeness (QED) is 0.188. The number of ether oxygens (including phenoxy) is 1. The highest BCUT2D eigenvalue weighted by Gasteiger charge is 2.27. The van der Waals surface area contributed by atoms with E-state index in [0.717, 1.165) is 22.0 Å². The van der Waals surface area contributed by atoms with E-state index in [-0.39, 0.29) is 29.1 Å². The number of hydrogen-bond acceptors (Lipinski definition) is 6. The third-order valence-electron chi connectivity index (χ3n) is 6.06. The van der Waals surface area contributed by atoms with Crippen LogP contribution in [0.15, 0.2) is 119 Å². The average molecular weight is 589 g/mol. The van der Waals surface area contributed by atoms with Gasteiger partial charge in [0.25, 0.3) is 21.8 Å². The van der Waals surface area contributed by atoms with Crippen LogP contribution in [0.3, 0.4) is 0 Å². The molecule has 11 heteroatoms. The minimum Gasteiger partial charge on any atom is -0.484 e. The van der Waals surface area contributed by atoms with E-state index >= 15 is 0 Å². The first kappa shape index (κ1) is 29.9. The van der Waals surface area contributed by atoms with Gasteiger partial charge in [0.1, 0.15) is 18.1 Å². The summed E-state index contributed by atoms with van der Waals surface area (Å²) in [6.07, 6.45) is 1.38. The molecule has 0 heterocycles. The first-order chi connectivity index (χ1) is 20.2. The lowest BCUT2D eigenvalue weighted by Gasteiger charge is -2.23. The topological polar surface area (TPSA) is 117 Å². The summed E-state index contributed by atoms with van der Waals surface area (Å²) in [6, 6.07) is 28.5. The van der Waals surface area contributed by atoms with Crippen LogP contribution < -0.4 is 19.8 Å². The Morgan fingerprint density at radius 1 is 0.881 bits per heavy atom. The fourth-order valence-electron chi connectivity index (χ4n) is 3.89. The molecule has 4 aromatic carbocycles. The molecule has 216 valence electrons. The fourth-order valence-corrected chi connectivity index (χ4v) is 5.34. The van der Waals surface area contributed by atoms with Crippen LogP contribution in [0.5, 0.6) is 5.75 Å². The Kier molecular flexibility index (Phi) is 10.0. The largest absolute Gasteiger partial charge is 0.484 e. The number of nitrogens with one attached hydrogen (secondary N) is 2. The third kappa shape index (κ3) is 8.24. The molecular weight excluding hydrogens is 559 g/mol. The van der Waals surface area contributed by atoms with E-state index < -0.39 is 28.3 Å². The van der Waals surface area contributed by atoms with Gasteiger partial charge in [-0.1, -0.05) is 48.5 Å². The number of hydrazone groups is 1. The lowest BCUT2D eigenvalue weighted by atomic mass is 10.1. The van der Waals surface area contributed by atoms with E-state index in [0.29, 0.717) is 11.3 Å². The number of anilines is 1. The number of amides is 2. The Morgan fingerprint density at radius 2 is 1.50 bits per heavy atom. The van der Waals surface area contributed by atoms with Crippen LogP contribution in [-0.4, -0.2) is 39.6 Å². The van der Waals surface area contributed by atoms with Gasteiger partial charge in [0.05, 0.1) is 22.8 Å². The summed E-state index contributed by atoms with van der Waals surface area (Å²) in [7, 11) is -4.12. The fraction of sp³-hybridized carbons (Fsp3) is 0.129. The van der Waals surface area contributed by atoms with Crippen molar-refractivity contribution in [2.75, 3.05) is 17.5 Å². The van der Waals surface area contributed by atoms with Crippen LogP contribution in [0, 0.1) is 5.82 Å². The van der Waals surface area contributed by atoms with Crippen molar-refractivity contribution in [3.8, 4) is 5.75 Å². The molecule has 0 saturated heterocycles. The Hall–Kier alpha value is -5.03. The summed E-state index contributed by atoms with van der Waals surface area (Å²) >= 11 is 0. The van der Waals surface area contributed by atoms with Crippen LogP contribution in [0.25, 0.3) is 0 Å². The van der Waals surface area contributed by atoms with Gasteiger partial charge in [0.15, 0.2) is 6.61 Å². The van der Waals surface area contributed by atoms with Gasteiger partial charge < -0.3 is 10.1 Å². The van der Waals surface area contributed by atoms with Gasteiger partial charge >= 0.3 is 0 Å². The molecule has 0 aliphatic rings. The normalized spacial score (nSPS) is 12.0. The summed E-state index contributed by atoms with van der Waals surface area (Å²) in [6.45, 7) is 1.15. The smallest absolute Gasteiger partial charge is 0.264 e. The second kappa shape index (κ2) is 14.0. The highest BCUT2D eigenvalue weighted by Crippen LogP contribution is 2.23. The van der Waals surface area contributed by atoms with Crippen molar-refractivity contribution in [2.24, 2.45) is 5.10 Å². The maximum Gasteiger partial charge on any atom is 0.264 e. The van der Waals surface area contributed by atoms with Crippen molar-refractivity contribution in [3.63, 3.8) is 0 Å². The van der Waals surface area contributed by atoms with E-state index in [1.165, 1.54) is 30.5 Å². The average Bonchev–Trinajstić information content (AvgIpc) is 3.01. The molecule has 2 amide bonds. The second-order valence-corrected chi connectivity index (χ2v) is 11.0. The van der Waals surface area contributed by atoms with Gasteiger partial charge in [-0.15, -0.1) is 0 Å². The van der Waals surface area contributed by atoms with Crippen LogP contribution in [0.4, 0.5) is 10.1 Å². The number of hydrogen-bond donors (Lipinski definition) is 2. The molecule has 0 unspecified atom stereocenters. The Bertz CT molecular complexity index is 1620. The molecule has 2 N–H and O–H groups in total. The number of benzene rings is 4. The van der Waals surface area contributed by atoms with Gasteiger partial charge in [-0.25, -0.2) is 18.2 Å². The van der Waals surface area contributed by atoms with Crippen LogP contribution >= 0.6 is 0 Å².